The summed E-state index contributed by atoms with van der Waals surface area (Å²) in [5, 5.41) is 5.32. The van der Waals surface area contributed by atoms with Crippen LogP contribution in [0.15, 0.2) is 0 Å². The molecular weight excluding hydrogens is 206 g/mol. The van der Waals surface area contributed by atoms with Crippen LogP contribution in [0, 0.1) is 5.92 Å². The number of amides is 2. The molecule has 0 spiro atoms. The Morgan fingerprint density at radius 3 is 2.75 bits per heavy atom. The topological polar surface area (TPSA) is 61.4 Å². The Balaban J connectivity index is 2.13. The van der Waals surface area contributed by atoms with E-state index in [9.17, 15) is 9.59 Å². The highest BCUT2D eigenvalue weighted by Gasteiger charge is 2.17. The molecule has 1 rings (SSSR count). The minimum Gasteiger partial charge on any atom is -0.338 e. The van der Waals surface area contributed by atoms with Crippen LogP contribution in [0.5, 0.6) is 0 Å². The number of nitrogens with one attached hydrogen (secondary N) is 2. The van der Waals surface area contributed by atoms with Gasteiger partial charge >= 0.3 is 6.03 Å². The van der Waals surface area contributed by atoms with Gasteiger partial charge in [-0.2, -0.15) is 0 Å². The molecule has 1 unspecified atom stereocenters. The molecule has 5 nitrogen and oxygen atoms in total. The second-order valence-electron chi connectivity index (χ2n) is 4.54. The van der Waals surface area contributed by atoms with Crippen molar-refractivity contribution in [2.75, 3.05) is 33.2 Å². The number of hydrogen-bond donors (Lipinski definition) is 2. The molecule has 5 heteroatoms. The quantitative estimate of drug-likeness (QED) is 0.722. The maximum absolute atomic E-state index is 11.3. The van der Waals surface area contributed by atoms with Crippen LogP contribution in [-0.4, -0.2) is 49.9 Å². The van der Waals surface area contributed by atoms with Crippen LogP contribution in [0.4, 0.5) is 4.79 Å². The Labute approximate surface area is 96.6 Å². The summed E-state index contributed by atoms with van der Waals surface area (Å²) in [7, 11) is 2.10. The van der Waals surface area contributed by atoms with Crippen molar-refractivity contribution < 1.29 is 9.59 Å². The van der Waals surface area contributed by atoms with Crippen LogP contribution in [0.25, 0.3) is 0 Å². The fraction of sp³-hybridized carbons (Fsp3) is 0.818. The summed E-state index contributed by atoms with van der Waals surface area (Å²) in [6.45, 7) is 4.43. The van der Waals surface area contributed by atoms with Crippen LogP contribution >= 0.6 is 0 Å². The highest BCUT2D eigenvalue weighted by atomic mass is 16.2. The highest BCUT2D eigenvalue weighted by Crippen LogP contribution is 2.13. The number of carbonyl (C=O) groups excluding carboxylic acids is 2. The number of hydrogen-bond acceptors (Lipinski definition) is 3. The van der Waals surface area contributed by atoms with Gasteiger partial charge in [0.05, 0.1) is 6.54 Å². The van der Waals surface area contributed by atoms with Gasteiger partial charge in [0.1, 0.15) is 5.78 Å². The Morgan fingerprint density at radius 1 is 1.38 bits per heavy atom. The first-order valence-corrected chi connectivity index (χ1v) is 5.77. The van der Waals surface area contributed by atoms with Gasteiger partial charge in [-0.15, -0.1) is 0 Å². The molecule has 1 atom stereocenters. The zero-order valence-electron chi connectivity index (χ0n) is 10.1. The molecule has 2 N–H and O–H groups in total. The molecule has 0 aromatic carbocycles. The maximum atomic E-state index is 11.3. The van der Waals surface area contributed by atoms with E-state index in [1.165, 1.54) is 13.3 Å². The van der Waals surface area contributed by atoms with Crippen molar-refractivity contribution in [1.29, 1.82) is 0 Å². The van der Waals surface area contributed by atoms with Crippen LogP contribution < -0.4 is 10.6 Å². The van der Waals surface area contributed by atoms with Gasteiger partial charge in [-0.3, -0.25) is 4.79 Å². The molecule has 2 amide bonds. The highest BCUT2D eigenvalue weighted by molar-refractivity contribution is 5.83. The molecule has 0 saturated carbocycles. The van der Waals surface area contributed by atoms with Gasteiger partial charge in [0.2, 0.25) is 0 Å². The van der Waals surface area contributed by atoms with Crippen LogP contribution in [-0.2, 0) is 4.79 Å². The minimum atomic E-state index is -0.247. The normalized spacial score (nSPS) is 21.5. The fourth-order valence-electron chi connectivity index (χ4n) is 1.94. The predicted molar refractivity (Wildman–Crippen MR) is 62.3 cm³/mol. The van der Waals surface area contributed by atoms with Crippen molar-refractivity contribution in [2.45, 2.75) is 19.8 Å². The molecule has 0 bridgehead atoms. The molecule has 1 fully saturated rings. The molecule has 92 valence electrons. The lowest BCUT2D eigenvalue weighted by atomic mass is 9.99. The molecular formula is C11H21N3O2. The number of urea groups is 1. The summed E-state index contributed by atoms with van der Waals surface area (Å²) in [6, 6.07) is -0.247. The monoisotopic (exact) mass is 227 g/mol. The Hall–Kier alpha value is -1.10. The van der Waals surface area contributed by atoms with E-state index in [1.807, 2.05) is 0 Å². The first kappa shape index (κ1) is 13.0. The van der Waals surface area contributed by atoms with E-state index in [0.717, 1.165) is 19.5 Å². The maximum Gasteiger partial charge on any atom is 0.315 e. The van der Waals surface area contributed by atoms with E-state index in [1.54, 1.807) is 0 Å². The summed E-state index contributed by atoms with van der Waals surface area (Å²) >= 11 is 0. The first-order valence-electron chi connectivity index (χ1n) is 5.77. The second-order valence-corrected chi connectivity index (χ2v) is 4.54. The second kappa shape index (κ2) is 6.48. The predicted octanol–water partition coefficient (Wildman–Crippen LogP) is 0.216. The van der Waals surface area contributed by atoms with E-state index in [2.05, 4.69) is 22.6 Å². The molecule has 0 aromatic rings. The molecule has 1 aliphatic rings. The molecule has 1 saturated heterocycles. The van der Waals surface area contributed by atoms with Crippen molar-refractivity contribution in [1.82, 2.24) is 15.5 Å². The van der Waals surface area contributed by atoms with Gasteiger partial charge in [0.25, 0.3) is 0 Å². The standard InChI is InChI=1S/C11H21N3O2/c1-9(15)6-12-11(16)13-7-10-4-3-5-14(2)8-10/h10H,3-8H2,1-2H3,(H2,12,13,16). The summed E-state index contributed by atoms with van der Waals surface area (Å²) in [5.74, 6) is 0.495. The van der Waals surface area contributed by atoms with Crippen molar-refractivity contribution in [2.24, 2.45) is 5.92 Å². The van der Waals surface area contributed by atoms with Crippen LogP contribution in [0.2, 0.25) is 0 Å². The van der Waals surface area contributed by atoms with Gasteiger partial charge in [0.15, 0.2) is 0 Å². The summed E-state index contributed by atoms with van der Waals surface area (Å²) < 4.78 is 0. The molecule has 0 aliphatic carbocycles. The lowest BCUT2D eigenvalue weighted by Crippen LogP contribution is -2.43. The third-order valence-corrected chi connectivity index (χ3v) is 2.77. The molecule has 1 heterocycles. The number of carbonyl (C=O) groups is 2. The lowest BCUT2D eigenvalue weighted by molar-refractivity contribution is -0.116. The largest absolute Gasteiger partial charge is 0.338 e. The van der Waals surface area contributed by atoms with Crippen molar-refractivity contribution in [3.63, 3.8) is 0 Å². The summed E-state index contributed by atoms with van der Waals surface area (Å²) in [5.41, 5.74) is 0. The third kappa shape index (κ3) is 5.11. The van der Waals surface area contributed by atoms with Gasteiger partial charge in [-0.1, -0.05) is 0 Å². The number of rotatable bonds is 4. The van der Waals surface area contributed by atoms with Gasteiger partial charge in [-0.05, 0) is 39.3 Å². The van der Waals surface area contributed by atoms with E-state index >= 15 is 0 Å². The Bertz CT molecular complexity index is 256. The Morgan fingerprint density at radius 2 is 2.12 bits per heavy atom. The van der Waals surface area contributed by atoms with Gasteiger partial charge < -0.3 is 15.5 Å². The smallest absolute Gasteiger partial charge is 0.315 e. The average Bonchev–Trinajstić information content (AvgIpc) is 2.23. The van der Waals surface area contributed by atoms with Crippen molar-refractivity contribution in [3.05, 3.63) is 0 Å². The minimum absolute atomic E-state index is 0.0347. The summed E-state index contributed by atoms with van der Waals surface area (Å²) in [6.07, 6.45) is 2.36. The van der Waals surface area contributed by atoms with E-state index in [-0.39, 0.29) is 18.4 Å². The number of ketones is 1. The SMILES string of the molecule is CC(=O)CNC(=O)NCC1CCCN(C)C1. The summed E-state index contributed by atoms with van der Waals surface area (Å²) in [4.78, 5) is 24.2. The molecule has 0 aromatic heterocycles. The molecule has 1 aliphatic heterocycles. The van der Waals surface area contributed by atoms with Gasteiger partial charge in [-0.25, -0.2) is 4.79 Å². The van der Waals surface area contributed by atoms with Crippen LogP contribution in [0.1, 0.15) is 19.8 Å². The van der Waals surface area contributed by atoms with E-state index < -0.39 is 0 Å². The number of nitrogens with zero attached hydrogens (tertiary/aromatic N) is 1. The van der Waals surface area contributed by atoms with E-state index in [0.29, 0.717) is 12.5 Å². The zero-order chi connectivity index (χ0) is 12.0. The molecule has 0 radical (unpaired) electrons. The van der Waals surface area contributed by atoms with Crippen molar-refractivity contribution in [3.8, 4) is 0 Å². The third-order valence-electron chi connectivity index (χ3n) is 2.77. The van der Waals surface area contributed by atoms with Gasteiger partial charge in [0, 0.05) is 13.1 Å². The average molecular weight is 227 g/mol. The first-order chi connectivity index (χ1) is 7.58. The van der Waals surface area contributed by atoms with Crippen LogP contribution in [0.3, 0.4) is 0 Å². The fourth-order valence-corrected chi connectivity index (χ4v) is 1.94. The number of piperidine rings is 1. The number of likely N-dealkylation sites (tertiary alicyclic amines) is 1. The van der Waals surface area contributed by atoms with Crippen molar-refractivity contribution >= 4 is 11.8 Å². The lowest BCUT2D eigenvalue weighted by Gasteiger charge is -2.29. The number of Topliss-reactive ketones (excluding diaryl/α,β-unsaturated/α-hetero) is 1. The van der Waals surface area contributed by atoms with E-state index in [4.69, 9.17) is 0 Å². The Kier molecular flexibility index (Phi) is 5.25. The molecule has 16 heavy (non-hydrogen) atoms. The zero-order valence-corrected chi connectivity index (χ0v) is 10.1.